The maximum Gasteiger partial charge on any atom is 0.145 e. The van der Waals surface area contributed by atoms with E-state index in [1.54, 1.807) is 29.5 Å². The highest BCUT2D eigenvalue weighted by Crippen LogP contribution is 2.22. The minimum absolute atomic E-state index is 0.171. The molecule has 0 N–H and O–H groups in total. The fraction of sp³-hybridized carbons (Fsp3) is 0.250. The first-order chi connectivity index (χ1) is 7.70. The summed E-state index contributed by atoms with van der Waals surface area (Å²) in [6.45, 7) is 2.05. The van der Waals surface area contributed by atoms with Crippen molar-refractivity contribution in [3.8, 4) is 0 Å². The standard InChI is InChI=1S/C12H11ClFNS/c1-2-9-7-16-11(15-9)6-8-4-3-5-10(13)12(8)14/h3-5,7H,2,6H2,1H3. The van der Waals surface area contributed by atoms with Crippen LogP contribution in [0.25, 0.3) is 0 Å². The number of benzene rings is 1. The van der Waals surface area contributed by atoms with Gasteiger partial charge in [-0.1, -0.05) is 30.7 Å². The molecule has 0 radical (unpaired) electrons. The van der Waals surface area contributed by atoms with Crippen molar-refractivity contribution in [1.29, 1.82) is 0 Å². The third kappa shape index (κ3) is 2.42. The SMILES string of the molecule is CCc1csc(Cc2cccc(Cl)c2F)n1. The maximum atomic E-state index is 13.6. The average Bonchev–Trinajstić information content (AvgIpc) is 2.73. The van der Waals surface area contributed by atoms with Crippen LogP contribution in [0.3, 0.4) is 0 Å². The Kier molecular flexibility index (Phi) is 3.56. The summed E-state index contributed by atoms with van der Waals surface area (Å²) in [4.78, 5) is 4.40. The van der Waals surface area contributed by atoms with Crippen LogP contribution in [0, 0.1) is 5.82 Å². The van der Waals surface area contributed by atoms with Gasteiger partial charge >= 0.3 is 0 Å². The molecule has 1 heterocycles. The maximum absolute atomic E-state index is 13.6. The highest BCUT2D eigenvalue weighted by Gasteiger charge is 2.09. The van der Waals surface area contributed by atoms with Crippen LogP contribution in [-0.4, -0.2) is 4.98 Å². The van der Waals surface area contributed by atoms with Crippen molar-refractivity contribution < 1.29 is 4.39 Å². The Labute approximate surface area is 103 Å². The molecule has 0 unspecified atom stereocenters. The van der Waals surface area contributed by atoms with Crippen molar-refractivity contribution in [3.63, 3.8) is 0 Å². The Balaban J connectivity index is 2.23. The van der Waals surface area contributed by atoms with Crippen molar-refractivity contribution in [3.05, 3.63) is 50.7 Å². The molecule has 0 atom stereocenters. The molecule has 1 aromatic carbocycles. The van der Waals surface area contributed by atoms with Crippen LogP contribution in [-0.2, 0) is 12.8 Å². The van der Waals surface area contributed by atoms with Gasteiger partial charge in [0, 0.05) is 11.8 Å². The second kappa shape index (κ2) is 4.93. The molecule has 0 aliphatic rings. The van der Waals surface area contributed by atoms with Crippen LogP contribution in [0.5, 0.6) is 0 Å². The lowest BCUT2D eigenvalue weighted by molar-refractivity contribution is 0.614. The third-order valence-electron chi connectivity index (χ3n) is 2.33. The minimum Gasteiger partial charge on any atom is -0.246 e. The Morgan fingerprint density at radius 1 is 1.44 bits per heavy atom. The van der Waals surface area contributed by atoms with E-state index in [-0.39, 0.29) is 10.8 Å². The number of aryl methyl sites for hydroxylation is 1. The van der Waals surface area contributed by atoms with Gasteiger partial charge in [0.2, 0.25) is 0 Å². The summed E-state index contributed by atoms with van der Waals surface area (Å²) in [7, 11) is 0. The number of hydrogen-bond acceptors (Lipinski definition) is 2. The van der Waals surface area contributed by atoms with Crippen LogP contribution < -0.4 is 0 Å². The van der Waals surface area contributed by atoms with Crippen molar-refractivity contribution in [2.24, 2.45) is 0 Å². The van der Waals surface area contributed by atoms with Crippen molar-refractivity contribution in [1.82, 2.24) is 4.98 Å². The zero-order chi connectivity index (χ0) is 11.5. The molecule has 1 nitrogen and oxygen atoms in total. The Hall–Kier alpha value is -0.930. The van der Waals surface area contributed by atoms with Gasteiger partial charge in [0.15, 0.2) is 0 Å². The topological polar surface area (TPSA) is 12.9 Å². The smallest absolute Gasteiger partial charge is 0.145 e. The molecule has 0 bridgehead atoms. The summed E-state index contributed by atoms with van der Waals surface area (Å²) < 4.78 is 13.6. The molecule has 0 fully saturated rings. The summed E-state index contributed by atoms with van der Waals surface area (Å²) in [5.41, 5.74) is 1.66. The molecule has 0 aliphatic carbocycles. The average molecular weight is 256 g/mol. The Morgan fingerprint density at radius 3 is 2.94 bits per heavy atom. The molecule has 0 amide bonds. The number of halogens is 2. The minimum atomic E-state index is -0.336. The fourth-order valence-corrected chi connectivity index (χ4v) is 2.53. The van der Waals surface area contributed by atoms with E-state index in [1.807, 2.05) is 5.38 Å². The van der Waals surface area contributed by atoms with Crippen molar-refractivity contribution in [2.45, 2.75) is 19.8 Å². The van der Waals surface area contributed by atoms with E-state index < -0.39 is 0 Å². The molecule has 84 valence electrons. The van der Waals surface area contributed by atoms with Gasteiger partial charge in [0.1, 0.15) is 5.82 Å². The van der Waals surface area contributed by atoms with E-state index in [0.29, 0.717) is 12.0 Å². The molecular formula is C12H11ClFNS. The number of thiazole rings is 1. The van der Waals surface area contributed by atoms with Gasteiger partial charge in [-0.25, -0.2) is 9.37 Å². The van der Waals surface area contributed by atoms with Crippen LogP contribution in [0.2, 0.25) is 5.02 Å². The van der Waals surface area contributed by atoms with E-state index in [0.717, 1.165) is 17.1 Å². The summed E-state index contributed by atoms with van der Waals surface area (Å²) in [5, 5.41) is 3.11. The van der Waals surface area contributed by atoms with E-state index in [1.165, 1.54) is 0 Å². The van der Waals surface area contributed by atoms with Gasteiger partial charge in [0.25, 0.3) is 0 Å². The Bertz CT molecular complexity index is 496. The molecular weight excluding hydrogens is 245 g/mol. The predicted molar refractivity (Wildman–Crippen MR) is 65.7 cm³/mol. The summed E-state index contributed by atoms with van der Waals surface area (Å²) in [6.07, 6.45) is 1.42. The van der Waals surface area contributed by atoms with Crippen LogP contribution >= 0.6 is 22.9 Å². The van der Waals surface area contributed by atoms with Crippen LogP contribution in [0.4, 0.5) is 4.39 Å². The van der Waals surface area contributed by atoms with Gasteiger partial charge < -0.3 is 0 Å². The van der Waals surface area contributed by atoms with Crippen LogP contribution in [0.1, 0.15) is 23.2 Å². The second-order valence-electron chi connectivity index (χ2n) is 3.48. The summed E-state index contributed by atoms with van der Waals surface area (Å²) in [5.74, 6) is -0.336. The number of aromatic nitrogens is 1. The van der Waals surface area contributed by atoms with Gasteiger partial charge in [-0.3, -0.25) is 0 Å². The van der Waals surface area contributed by atoms with Gasteiger partial charge in [-0.2, -0.15) is 0 Å². The first-order valence-electron chi connectivity index (χ1n) is 5.07. The lowest BCUT2D eigenvalue weighted by atomic mass is 10.1. The molecule has 0 saturated heterocycles. The summed E-state index contributed by atoms with van der Waals surface area (Å²) >= 11 is 7.28. The lowest BCUT2D eigenvalue weighted by Crippen LogP contribution is -1.93. The van der Waals surface area contributed by atoms with Crippen molar-refractivity contribution in [2.75, 3.05) is 0 Å². The van der Waals surface area contributed by atoms with E-state index in [2.05, 4.69) is 11.9 Å². The first-order valence-corrected chi connectivity index (χ1v) is 6.32. The van der Waals surface area contributed by atoms with E-state index in [9.17, 15) is 4.39 Å². The largest absolute Gasteiger partial charge is 0.246 e. The molecule has 4 heteroatoms. The molecule has 16 heavy (non-hydrogen) atoms. The third-order valence-corrected chi connectivity index (χ3v) is 3.52. The summed E-state index contributed by atoms with van der Waals surface area (Å²) in [6, 6.07) is 5.06. The fourth-order valence-electron chi connectivity index (χ4n) is 1.44. The molecule has 1 aromatic heterocycles. The zero-order valence-electron chi connectivity index (χ0n) is 8.84. The van der Waals surface area contributed by atoms with Crippen LogP contribution in [0.15, 0.2) is 23.6 Å². The van der Waals surface area contributed by atoms with Gasteiger partial charge in [-0.15, -0.1) is 11.3 Å². The second-order valence-corrected chi connectivity index (χ2v) is 4.83. The molecule has 2 rings (SSSR count). The first kappa shape index (κ1) is 11.6. The Morgan fingerprint density at radius 2 is 2.25 bits per heavy atom. The molecule has 0 spiro atoms. The number of rotatable bonds is 3. The molecule has 0 saturated carbocycles. The van der Waals surface area contributed by atoms with Crippen molar-refractivity contribution >= 4 is 22.9 Å². The predicted octanol–water partition coefficient (Wildman–Crippen LogP) is 4.09. The molecule has 2 aromatic rings. The van der Waals surface area contributed by atoms with E-state index >= 15 is 0 Å². The molecule has 0 aliphatic heterocycles. The highest BCUT2D eigenvalue weighted by molar-refractivity contribution is 7.09. The quantitative estimate of drug-likeness (QED) is 0.805. The van der Waals surface area contributed by atoms with Gasteiger partial charge in [-0.05, 0) is 18.1 Å². The monoisotopic (exact) mass is 255 g/mol. The highest BCUT2D eigenvalue weighted by atomic mass is 35.5. The number of nitrogens with zero attached hydrogens (tertiary/aromatic N) is 1. The lowest BCUT2D eigenvalue weighted by Gasteiger charge is -2.01. The number of hydrogen-bond donors (Lipinski definition) is 0. The zero-order valence-corrected chi connectivity index (χ0v) is 10.4. The van der Waals surface area contributed by atoms with Gasteiger partial charge in [0.05, 0.1) is 15.7 Å². The van der Waals surface area contributed by atoms with E-state index in [4.69, 9.17) is 11.6 Å². The normalized spacial score (nSPS) is 10.7.